The molecule has 2 aromatic rings. The maximum Gasteiger partial charge on any atom is 0.417 e. The number of anilines is 1. The van der Waals surface area contributed by atoms with Crippen LogP contribution >= 0.6 is 11.6 Å². The van der Waals surface area contributed by atoms with E-state index in [-0.39, 0.29) is 10.8 Å². The molecule has 7 heteroatoms. The maximum absolute atomic E-state index is 12.7. The highest BCUT2D eigenvalue weighted by atomic mass is 35.5. The molecule has 0 atom stereocenters. The number of allylic oxidation sites excluding steroid dienone is 1. The molecule has 1 heterocycles. The molecule has 0 amide bonds. The highest BCUT2D eigenvalue weighted by Crippen LogP contribution is 2.32. The Balaban J connectivity index is 1.81. The number of hydrogen-bond donors (Lipinski definition) is 1. The molecular weight excluding hydrogens is 363 g/mol. The van der Waals surface area contributed by atoms with Crippen LogP contribution in [-0.4, -0.2) is 10.7 Å². The van der Waals surface area contributed by atoms with E-state index >= 15 is 0 Å². The van der Waals surface area contributed by atoms with Crippen molar-refractivity contribution in [3.8, 4) is 0 Å². The molecule has 26 heavy (non-hydrogen) atoms. The quantitative estimate of drug-likeness (QED) is 0.646. The van der Waals surface area contributed by atoms with E-state index in [1.165, 1.54) is 0 Å². The van der Waals surface area contributed by atoms with Crippen LogP contribution in [-0.2, 0) is 6.18 Å². The van der Waals surface area contributed by atoms with Gasteiger partial charge in [0.15, 0.2) is 5.82 Å². The van der Waals surface area contributed by atoms with Crippen LogP contribution in [0.4, 0.5) is 19.0 Å². The first-order chi connectivity index (χ1) is 12.4. The molecule has 1 aliphatic rings. The van der Waals surface area contributed by atoms with Gasteiger partial charge in [-0.2, -0.15) is 18.3 Å². The van der Waals surface area contributed by atoms with Gasteiger partial charge in [0.05, 0.1) is 16.3 Å². The van der Waals surface area contributed by atoms with Crippen molar-refractivity contribution in [1.82, 2.24) is 4.98 Å². The Morgan fingerprint density at radius 3 is 2.54 bits per heavy atom. The second-order valence-electron chi connectivity index (χ2n) is 6.01. The van der Waals surface area contributed by atoms with Gasteiger partial charge in [0.2, 0.25) is 0 Å². The molecule has 0 radical (unpaired) electrons. The summed E-state index contributed by atoms with van der Waals surface area (Å²) < 4.78 is 38.0. The zero-order valence-electron chi connectivity index (χ0n) is 13.9. The van der Waals surface area contributed by atoms with Gasteiger partial charge >= 0.3 is 6.18 Å². The standard InChI is InChI=1S/C19H17ClF3N3/c20-16-11-15(19(21,22)23)12-24-18(16)26-25-17-9-5-4-8-14(17)10-13-6-2-1-3-7-13/h1-3,6-7,10-12H,4-5,8-9H2,(H,24,26)/b14-10+,25-17?. The number of hydrazone groups is 1. The summed E-state index contributed by atoms with van der Waals surface area (Å²) in [4.78, 5) is 3.75. The van der Waals surface area contributed by atoms with E-state index < -0.39 is 11.7 Å². The van der Waals surface area contributed by atoms with Crippen molar-refractivity contribution in [2.75, 3.05) is 5.43 Å². The van der Waals surface area contributed by atoms with E-state index in [1.54, 1.807) is 0 Å². The summed E-state index contributed by atoms with van der Waals surface area (Å²) in [5.41, 5.74) is 4.90. The molecule has 1 aromatic carbocycles. The largest absolute Gasteiger partial charge is 0.417 e. The number of alkyl halides is 3. The highest BCUT2D eigenvalue weighted by molar-refractivity contribution is 6.33. The van der Waals surface area contributed by atoms with Gasteiger partial charge in [-0.25, -0.2) is 4.98 Å². The number of hydrogen-bond acceptors (Lipinski definition) is 3. The van der Waals surface area contributed by atoms with E-state index in [9.17, 15) is 13.2 Å². The van der Waals surface area contributed by atoms with Gasteiger partial charge < -0.3 is 0 Å². The molecule has 1 N–H and O–H groups in total. The first-order valence-corrected chi connectivity index (χ1v) is 8.62. The fourth-order valence-corrected chi connectivity index (χ4v) is 2.95. The van der Waals surface area contributed by atoms with E-state index in [0.717, 1.165) is 54.8 Å². The molecule has 0 unspecified atom stereocenters. The molecule has 136 valence electrons. The zero-order chi connectivity index (χ0) is 18.6. The average Bonchev–Trinajstić information content (AvgIpc) is 2.62. The summed E-state index contributed by atoms with van der Waals surface area (Å²) in [5, 5.41) is 4.24. The predicted octanol–water partition coefficient (Wildman–Crippen LogP) is 6.18. The molecular formula is C19H17ClF3N3. The monoisotopic (exact) mass is 379 g/mol. The Hall–Kier alpha value is -2.34. The van der Waals surface area contributed by atoms with Crippen LogP contribution in [0.2, 0.25) is 5.02 Å². The Labute approximate surface area is 154 Å². The van der Waals surface area contributed by atoms with Crippen molar-refractivity contribution in [2.24, 2.45) is 5.10 Å². The number of nitrogens with one attached hydrogen (secondary N) is 1. The molecule has 1 aromatic heterocycles. The van der Waals surface area contributed by atoms with Gasteiger partial charge in [-0.05, 0) is 49.0 Å². The molecule has 0 spiro atoms. The molecule has 1 fully saturated rings. The van der Waals surface area contributed by atoms with Crippen LogP contribution in [0.15, 0.2) is 53.3 Å². The van der Waals surface area contributed by atoms with Crippen molar-refractivity contribution in [3.63, 3.8) is 0 Å². The number of aromatic nitrogens is 1. The third-order valence-electron chi connectivity index (χ3n) is 4.09. The molecule has 0 bridgehead atoms. The van der Waals surface area contributed by atoms with Crippen molar-refractivity contribution in [3.05, 3.63) is 64.3 Å². The SMILES string of the molecule is FC(F)(F)c1cnc(NN=C2CCCC/C2=C\c2ccccc2)c(Cl)c1. The second kappa shape index (κ2) is 7.91. The predicted molar refractivity (Wildman–Crippen MR) is 98.2 cm³/mol. The van der Waals surface area contributed by atoms with Crippen LogP contribution < -0.4 is 5.43 Å². The van der Waals surface area contributed by atoms with Crippen molar-refractivity contribution in [2.45, 2.75) is 31.9 Å². The van der Waals surface area contributed by atoms with Gasteiger partial charge in [-0.15, -0.1) is 0 Å². The van der Waals surface area contributed by atoms with Gasteiger partial charge in [0.25, 0.3) is 0 Å². The first kappa shape index (κ1) is 18.5. The summed E-state index contributed by atoms with van der Waals surface area (Å²) in [6, 6.07) is 10.8. The van der Waals surface area contributed by atoms with Crippen LogP contribution in [0.5, 0.6) is 0 Å². The molecule has 3 nitrogen and oxygen atoms in total. The Morgan fingerprint density at radius 1 is 1.12 bits per heavy atom. The Morgan fingerprint density at radius 2 is 1.85 bits per heavy atom. The van der Waals surface area contributed by atoms with Crippen LogP contribution in [0, 0.1) is 0 Å². The summed E-state index contributed by atoms with van der Waals surface area (Å²) >= 11 is 5.91. The fourth-order valence-electron chi connectivity index (χ4n) is 2.74. The van der Waals surface area contributed by atoms with Gasteiger partial charge in [-0.3, -0.25) is 5.43 Å². The lowest BCUT2D eigenvalue weighted by atomic mass is 9.91. The number of nitrogens with zero attached hydrogens (tertiary/aromatic N) is 2. The topological polar surface area (TPSA) is 37.3 Å². The van der Waals surface area contributed by atoms with Gasteiger partial charge in [0, 0.05) is 6.20 Å². The molecule has 1 aliphatic carbocycles. The van der Waals surface area contributed by atoms with Gasteiger partial charge in [0.1, 0.15) is 0 Å². The highest BCUT2D eigenvalue weighted by Gasteiger charge is 2.31. The number of rotatable bonds is 3. The number of pyridine rings is 1. The van der Waals surface area contributed by atoms with Crippen molar-refractivity contribution in [1.29, 1.82) is 0 Å². The number of benzene rings is 1. The van der Waals surface area contributed by atoms with E-state index in [0.29, 0.717) is 0 Å². The Kier molecular flexibility index (Phi) is 5.61. The Bertz CT molecular complexity index is 830. The van der Waals surface area contributed by atoms with Crippen molar-refractivity contribution < 1.29 is 13.2 Å². The summed E-state index contributed by atoms with van der Waals surface area (Å²) in [7, 11) is 0. The van der Waals surface area contributed by atoms with Crippen LogP contribution in [0.3, 0.4) is 0 Å². The minimum absolute atomic E-state index is 0.108. The molecule has 1 saturated carbocycles. The zero-order valence-corrected chi connectivity index (χ0v) is 14.6. The lowest BCUT2D eigenvalue weighted by Gasteiger charge is -2.17. The fraction of sp³-hybridized carbons (Fsp3) is 0.263. The van der Waals surface area contributed by atoms with E-state index in [1.807, 2.05) is 30.3 Å². The number of halogens is 4. The van der Waals surface area contributed by atoms with Crippen LogP contribution in [0.1, 0.15) is 36.8 Å². The smallest absolute Gasteiger partial charge is 0.260 e. The third kappa shape index (κ3) is 4.64. The normalized spacial score (nSPS) is 18.3. The second-order valence-corrected chi connectivity index (χ2v) is 6.42. The summed E-state index contributed by atoms with van der Waals surface area (Å²) in [5.74, 6) is 0.108. The minimum atomic E-state index is -4.48. The van der Waals surface area contributed by atoms with E-state index in [2.05, 4.69) is 21.6 Å². The summed E-state index contributed by atoms with van der Waals surface area (Å²) in [6.45, 7) is 0. The molecule has 0 saturated heterocycles. The summed E-state index contributed by atoms with van der Waals surface area (Å²) in [6.07, 6.45) is 2.15. The minimum Gasteiger partial charge on any atom is -0.260 e. The van der Waals surface area contributed by atoms with Crippen molar-refractivity contribution >= 4 is 29.2 Å². The molecule has 3 rings (SSSR count). The lowest BCUT2D eigenvalue weighted by Crippen LogP contribution is -2.12. The first-order valence-electron chi connectivity index (χ1n) is 8.25. The average molecular weight is 380 g/mol. The van der Waals surface area contributed by atoms with Gasteiger partial charge in [-0.1, -0.05) is 41.9 Å². The lowest BCUT2D eigenvalue weighted by molar-refractivity contribution is -0.137. The maximum atomic E-state index is 12.7. The van der Waals surface area contributed by atoms with E-state index in [4.69, 9.17) is 11.6 Å². The third-order valence-corrected chi connectivity index (χ3v) is 4.37. The van der Waals surface area contributed by atoms with Crippen LogP contribution in [0.25, 0.3) is 6.08 Å². The molecule has 0 aliphatic heterocycles.